The van der Waals surface area contributed by atoms with Gasteiger partial charge in [-0.1, -0.05) is 11.6 Å². The van der Waals surface area contributed by atoms with E-state index in [0.717, 1.165) is 25.9 Å². The van der Waals surface area contributed by atoms with Crippen LogP contribution < -0.4 is 16.4 Å². The van der Waals surface area contributed by atoms with Crippen molar-refractivity contribution in [3.05, 3.63) is 33.5 Å². The quantitative estimate of drug-likeness (QED) is 0.797. The van der Waals surface area contributed by atoms with E-state index in [0.29, 0.717) is 11.6 Å². The molecule has 1 fully saturated rings. The highest BCUT2D eigenvalue weighted by Crippen LogP contribution is 2.32. The third kappa shape index (κ3) is 3.56. The second-order valence-corrected chi connectivity index (χ2v) is 6.16. The third-order valence-corrected chi connectivity index (χ3v) is 4.51. The number of benzene rings is 1. The van der Waals surface area contributed by atoms with Crippen LogP contribution in [0.2, 0.25) is 5.02 Å². The third-order valence-electron chi connectivity index (χ3n) is 4.20. The van der Waals surface area contributed by atoms with Crippen LogP contribution in [0.4, 0.5) is 10.1 Å². The van der Waals surface area contributed by atoms with Gasteiger partial charge in [-0.3, -0.25) is 0 Å². The summed E-state index contributed by atoms with van der Waals surface area (Å²) in [6, 6.07) is 2.91. The summed E-state index contributed by atoms with van der Waals surface area (Å²) in [5.41, 5.74) is 0.688. The number of nitrogens with one attached hydrogen (secondary N) is 3. The Morgan fingerprint density at radius 3 is 2.83 bits per heavy atom. The molecule has 1 aromatic heterocycles. The summed E-state index contributed by atoms with van der Waals surface area (Å²) in [4.78, 5) is 11.1. The van der Waals surface area contributed by atoms with Gasteiger partial charge in [-0.25, -0.2) is 14.3 Å². The molecule has 23 heavy (non-hydrogen) atoms. The number of H-pyrrole nitrogens is 1. The van der Waals surface area contributed by atoms with Crippen LogP contribution >= 0.6 is 11.6 Å². The Morgan fingerprint density at radius 1 is 1.43 bits per heavy atom. The predicted octanol–water partition coefficient (Wildman–Crippen LogP) is 2.62. The molecular weight excluding hydrogens is 323 g/mol. The average molecular weight is 341 g/mol. The van der Waals surface area contributed by atoms with Crippen molar-refractivity contribution in [2.75, 3.05) is 18.4 Å². The Labute approximate surface area is 137 Å². The van der Waals surface area contributed by atoms with Crippen LogP contribution in [0, 0.1) is 11.7 Å². The van der Waals surface area contributed by atoms with Gasteiger partial charge in [-0.2, -0.15) is 0 Å². The molecule has 0 aliphatic carbocycles. The Balaban J connectivity index is 1.85. The van der Waals surface area contributed by atoms with E-state index < -0.39 is 11.6 Å². The van der Waals surface area contributed by atoms with E-state index in [1.165, 1.54) is 12.1 Å². The molecule has 0 bridgehead atoms. The molecular formula is C15H18ClFN4O2. The lowest BCUT2D eigenvalue weighted by Crippen LogP contribution is -2.36. The number of aromatic nitrogens is 2. The van der Waals surface area contributed by atoms with Gasteiger partial charge in [0.05, 0.1) is 16.3 Å². The van der Waals surface area contributed by atoms with Crippen LogP contribution in [-0.2, 0) is 0 Å². The Hall–Kier alpha value is -1.86. The van der Waals surface area contributed by atoms with Gasteiger partial charge in [0.25, 0.3) is 5.89 Å². The number of hydrogen-bond acceptors (Lipinski definition) is 5. The Morgan fingerprint density at radius 2 is 2.17 bits per heavy atom. The summed E-state index contributed by atoms with van der Waals surface area (Å²) in [6.45, 7) is 4.08. The second kappa shape index (κ2) is 6.72. The molecule has 124 valence electrons. The van der Waals surface area contributed by atoms with Gasteiger partial charge in [-0.05, 0) is 50.9 Å². The molecule has 3 N–H and O–H groups in total. The maximum Gasteiger partial charge on any atom is 0.434 e. The van der Waals surface area contributed by atoms with E-state index in [1.54, 1.807) is 0 Å². The number of halogens is 2. The van der Waals surface area contributed by atoms with Crippen LogP contribution in [0.5, 0.6) is 0 Å². The fraction of sp³-hybridized carbons (Fsp3) is 0.467. The summed E-state index contributed by atoms with van der Waals surface area (Å²) in [5, 5.41) is 12.7. The molecule has 8 heteroatoms. The minimum absolute atomic E-state index is 0.0905. The van der Waals surface area contributed by atoms with Crippen LogP contribution in [0.15, 0.2) is 21.3 Å². The molecule has 1 saturated heterocycles. The summed E-state index contributed by atoms with van der Waals surface area (Å²) >= 11 is 6.14. The van der Waals surface area contributed by atoms with E-state index in [-0.39, 0.29) is 22.5 Å². The van der Waals surface area contributed by atoms with E-state index in [9.17, 15) is 9.18 Å². The lowest BCUT2D eigenvalue weighted by molar-refractivity contribution is 0.343. The van der Waals surface area contributed by atoms with Crippen LogP contribution in [0.1, 0.15) is 19.8 Å². The largest absolute Gasteiger partial charge is 0.434 e. The van der Waals surface area contributed by atoms with Gasteiger partial charge in [0, 0.05) is 6.04 Å². The van der Waals surface area contributed by atoms with Gasteiger partial charge >= 0.3 is 5.76 Å². The fourth-order valence-electron chi connectivity index (χ4n) is 2.88. The number of hydrogen-bond donors (Lipinski definition) is 3. The normalized spacial score (nSPS) is 17.2. The minimum atomic E-state index is -0.730. The van der Waals surface area contributed by atoms with Crippen molar-refractivity contribution in [2.45, 2.75) is 25.8 Å². The second-order valence-electron chi connectivity index (χ2n) is 5.75. The van der Waals surface area contributed by atoms with Crippen molar-refractivity contribution in [1.82, 2.24) is 15.5 Å². The number of rotatable bonds is 4. The van der Waals surface area contributed by atoms with Gasteiger partial charge in [0.2, 0.25) is 0 Å². The first-order chi connectivity index (χ1) is 11.0. The summed E-state index contributed by atoms with van der Waals surface area (Å²) in [6.07, 6.45) is 2.15. The molecule has 0 saturated carbocycles. The van der Waals surface area contributed by atoms with Crippen molar-refractivity contribution < 1.29 is 8.81 Å². The van der Waals surface area contributed by atoms with E-state index in [4.69, 9.17) is 16.0 Å². The number of anilines is 1. The zero-order valence-electron chi connectivity index (χ0n) is 12.7. The van der Waals surface area contributed by atoms with E-state index >= 15 is 0 Å². The van der Waals surface area contributed by atoms with Crippen molar-refractivity contribution in [3.63, 3.8) is 0 Å². The van der Waals surface area contributed by atoms with E-state index in [2.05, 4.69) is 27.8 Å². The first-order valence-corrected chi connectivity index (χ1v) is 7.94. The standard InChI is InChI=1S/C15H18ClFN4O2/c1-8(9-2-4-18-5-3-9)19-13-6-10(12(17)7-11(13)16)14-20-21-15(22)23-14/h6-9,18-19H,2-5H2,1H3,(H,21,22). The highest BCUT2D eigenvalue weighted by atomic mass is 35.5. The molecule has 2 aromatic rings. The Bertz CT molecular complexity index is 739. The van der Waals surface area contributed by atoms with Gasteiger partial charge < -0.3 is 15.1 Å². The molecule has 3 rings (SSSR count). The molecule has 1 atom stereocenters. The molecule has 0 spiro atoms. The highest BCUT2D eigenvalue weighted by Gasteiger charge is 2.22. The maximum absolute atomic E-state index is 14.1. The van der Waals surface area contributed by atoms with Crippen molar-refractivity contribution >= 4 is 17.3 Å². The first kappa shape index (κ1) is 16.0. The van der Waals surface area contributed by atoms with E-state index in [1.807, 2.05) is 0 Å². The average Bonchev–Trinajstić information content (AvgIpc) is 2.97. The molecule has 1 aliphatic rings. The lowest BCUT2D eigenvalue weighted by Gasteiger charge is -2.29. The predicted molar refractivity (Wildman–Crippen MR) is 86.2 cm³/mol. The lowest BCUT2D eigenvalue weighted by atomic mass is 9.91. The summed E-state index contributed by atoms with van der Waals surface area (Å²) in [5.74, 6) is -0.900. The SMILES string of the molecule is CC(Nc1cc(-c2n[nH]c(=O)o2)c(F)cc1Cl)C1CCNCC1. The topological polar surface area (TPSA) is 83.0 Å². The number of nitrogens with zero attached hydrogens (tertiary/aromatic N) is 1. The summed E-state index contributed by atoms with van der Waals surface area (Å²) < 4.78 is 18.9. The molecule has 0 amide bonds. The fourth-order valence-corrected chi connectivity index (χ4v) is 3.08. The zero-order chi connectivity index (χ0) is 16.4. The zero-order valence-corrected chi connectivity index (χ0v) is 13.4. The molecule has 0 radical (unpaired) electrons. The minimum Gasteiger partial charge on any atom is -0.388 e. The highest BCUT2D eigenvalue weighted by molar-refractivity contribution is 6.33. The van der Waals surface area contributed by atoms with Crippen LogP contribution in [0.25, 0.3) is 11.5 Å². The van der Waals surface area contributed by atoms with Gasteiger partial charge in [0.15, 0.2) is 0 Å². The summed E-state index contributed by atoms with van der Waals surface area (Å²) in [7, 11) is 0. The molecule has 1 unspecified atom stereocenters. The molecule has 2 heterocycles. The smallest absolute Gasteiger partial charge is 0.388 e. The van der Waals surface area contributed by atoms with Crippen LogP contribution in [0.3, 0.4) is 0 Å². The molecule has 6 nitrogen and oxygen atoms in total. The van der Waals surface area contributed by atoms with Gasteiger partial charge in [0.1, 0.15) is 5.82 Å². The van der Waals surface area contributed by atoms with Crippen molar-refractivity contribution in [3.8, 4) is 11.5 Å². The first-order valence-electron chi connectivity index (χ1n) is 7.57. The Kier molecular flexibility index (Phi) is 4.68. The number of aromatic amines is 1. The van der Waals surface area contributed by atoms with Crippen LogP contribution in [-0.4, -0.2) is 29.3 Å². The molecule has 1 aromatic carbocycles. The van der Waals surface area contributed by atoms with Gasteiger partial charge in [-0.15, -0.1) is 5.10 Å². The van der Waals surface area contributed by atoms with Crippen molar-refractivity contribution in [2.24, 2.45) is 5.92 Å². The maximum atomic E-state index is 14.1. The number of piperidine rings is 1. The monoisotopic (exact) mass is 340 g/mol. The van der Waals surface area contributed by atoms with Crippen molar-refractivity contribution in [1.29, 1.82) is 0 Å². The molecule has 1 aliphatic heterocycles.